The zero-order valence-corrected chi connectivity index (χ0v) is 19.2. The summed E-state index contributed by atoms with van der Waals surface area (Å²) >= 11 is 0. The zero-order valence-electron chi connectivity index (χ0n) is 18.4. The van der Waals surface area contributed by atoms with E-state index in [1.165, 1.54) is 35.5 Å². The lowest BCUT2D eigenvalue weighted by molar-refractivity contribution is -0.114. The maximum Gasteiger partial charge on any atom is 0.320 e. The molecule has 2 aromatic rings. The third-order valence-corrected chi connectivity index (χ3v) is 8.00. The second-order valence-corrected chi connectivity index (χ2v) is 10.3. The highest BCUT2D eigenvalue weighted by Gasteiger charge is 2.37. The summed E-state index contributed by atoms with van der Waals surface area (Å²) in [6.07, 6.45) is 1.14. The molecule has 2 heterocycles. The lowest BCUT2D eigenvalue weighted by Gasteiger charge is -2.35. The van der Waals surface area contributed by atoms with Crippen molar-refractivity contribution in [2.75, 3.05) is 31.5 Å². The monoisotopic (exact) mass is 474 g/mol. The van der Waals surface area contributed by atoms with Gasteiger partial charge in [0.25, 0.3) is 0 Å². The Morgan fingerprint density at radius 2 is 1.64 bits per heavy atom. The van der Waals surface area contributed by atoms with Crippen LogP contribution in [0.15, 0.2) is 53.4 Å². The molecule has 33 heavy (non-hydrogen) atoms. The van der Waals surface area contributed by atoms with Gasteiger partial charge in [-0.1, -0.05) is 12.1 Å². The third kappa shape index (κ3) is 5.17. The van der Waals surface area contributed by atoms with Gasteiger partial charge in [-0.2, -0.15) is 4.31 Å². The number of sulfonamides is 1. The van der Waals surface area contributed by atoms with E-state index in [1.807, 2.05) is 4.90 Å². The largest absolute Gasteiger partial charge is 0.326 e. The molecule has 0 radical (unpaired) electrons. The Labute approximate surface area is 193 Å². The average molecular weight is 475 g/mol. The van der Waals surface area contributed by atoms with Gasteiger partial charge in [0.2, 0.25) is 15.9 Å². The van der Waals surface area contributed by atoms with Crippen molar-refractivity contribution >= 4 is 27.6 Å². The van der Waals surface area contributed by atoms with Crippen LogP contribution in [0.25, 0.3) is 0 Å². The van der Waals surface area contributed by atoms with Crippen molar-refractivity contribution in [2.45, 2.75) is 37.2 Å². The molecule has 4 rings (SSSR count). The van der Waals surface area contributed by atoms with Crippen molar-refractivity contribution in [3.63, 3.8) is 0 Å². The van der Waals surface area contributed by atoms with Gasteiger partial charge in [0, 0.05) is 51.4 Å². The van der Waals surface area contributed by atoms with Crippen LogP contribution in [0.2, 0.25) is 0 Å². The summed E-state index contributed by atoms with van der Waals surface area (Å²) in [5, 5.41) is 2.62. The van der Waals surface area contributed by atoms with Crippen molar-refractivity contribution in [3.8, 4) is 0 Å². The average Bonchev–Trinajstić information content (AvgIpc) is 3.15. The summed E-state index contributed by atoms with van der Waals surface area (Å²) in [7, 11) is -3.65. The van der Waals surface area contributed by atoms with Gasteiger partial charge in [0.1, 0.15) is 5.82 Å². The highest BCUT2D eigenvalue weighted by Crippen LogP contribution is 2.26. The van der Waals surface area contributed by atoms with E-state index in [4.69, 9.17) is 0 Å². The Hall–Kier alpha value is -2.98. The standard InChI is InChI=1S/C23H27FN4O4S/c1-17(29)25-20-6-8-22(9-7-20)33(31,32)27-12-10-21(11-13-27)28-15-14-26(23(28)30)16-18-2-4-19(24)5-3-18/h2-9,21H,10-16H2,1H3,(H,25,29). The molecule has 1 N–H and O–H groups in total. The molecule has 0 bridgehead atoms. The van der Waals surface area contributed by atoms with E-state index in [2.05, 4.69) is 5.32 Å². The zero-order chi connectivity index (χ0) is 23.6. The molecule has 2 saturated heterocycles. The third-order valence-electron chi connectivity index (χ3n) is 6.09. The molecular formula is C23H27FN4O4S. The summed E-state index contributed by atoms with van der Waals surface area (Å²) in [5.41, 5.74) is 1.41. The van der Waals surface area contributed by atoms with Gasteiger partial charge in [0.05, 0.1) is 4.90 Å². The van der Waals surface area contributed by atoms with Gasteiger partial charge in [0.15, 0.2) is 0 Å². The number of nitrogens with zero attached hydrogens (tertiary/aromatic N) is 3. The van der Waals surface area contributed by atoms with Crippen LogP contribution in [0, 0.1) is 5.82 Å². The Balaban J connectivity index is 1.34. The van der Waals surface area contributed by atoms with Gasteiger partial charge < -0.3 is 15.1 Å². The lowest BCUT2D eigenvalue weighted by atomic mass is 10.1. The fourth-order valence-corrected chi connectivity index (χ4v) is 5.82. The van der Waals surface area contributed by atoms with Crippen LogP contribution < -0.4 is 5.32 Å². The number of nitrogens with one attached hydrogen (secondary N) is 1. The molecule has 2 aromatic carbocycles. The molecule has 3 amide bonds. The lowest BCUT2D eigenvalue weighted by Crippen LogP contribution is -2.47. The van der Waals surface area contributed by atoms with Gasteiger partial charge in [-0.05, 0) is 54.8 Å². The minimum atomic E-state index is -3.65. The van der Waals surface area contributed by atoms with E-state index in [0.717, 1.165) is 5.56 Å². The van der Waals surface area contributed by atoms with Crippen LogP contribution in [-0.4, -0.2) is 66.7 Å². The number of anilines is 1. The quantitative estimate of drug-likeness (QED) is 0.697. The highest BCUT2D eigenvalue weighted by atomic mass is 32.2. The minimum Gasteiger partial charge on any atom is -0.326 e. The molecule has 0 unspecified atom stereocenters. The molecule has 2 aliphatic heterocycles. The molecule has 2 aliphatic rings. The first kappa shape index (κ1) is 23.2. The summed E-state index contributed by atoms with van der Waals surface area (Å²) < 4.78 is 40.6. The van der Waals surface area contributed by atoms with E-state index in [0.29, 0.717) is 51.3 Å². The number of halogens is 1. The number of hydrogen-bond acceptors (Lipinski definition) is 4. The Morgan fingerprint density at radius 1 is 1.00 bits per heavy atom. The predicted molar refractivity (Wildman–Crippen MR) is 121 cm³/mol. The van der Waals surface area contributed by atoms with Crippen molar-refractivity contribution in [2.24, 2.45) is 0 Å². The highest BCUT2D eigenvalue weighted by molar-refractivity contribution is 7.89. The number of amides is 3. The fraction of sp³-hybridized carbons (Fsp3) is 0.391. The first-order valence-electron chi connectivity index (χ1n) is 10.9. The Morgan fingerprint density at radius 3 is 2.24 bits per heavy atom. The topological polar surface area (TPSA) is 90.0 Å². The van der Waals surface area contributed by atoms with Crippen LogP contribution in [0.1, 0.15) is 25.3 Å². The molecule has 0 spiro atoms. The number of carbonyl (C=O) groups excluding carboxylic acids is 2. The van der Waals surface area contributed by atoms with Crippen molar-refractivity contribution in [1.29, 1.82) is 0 Å². The van der Waals surface area contributed by atoms with Crippen LogP contribution in [0.5, 0.6) is 0 Å². The van der Waals surface area contributed by atoms with Gasteiger partial charge in [-0.25, -0.2) is 17.6 Å². The number of rotatable bonds is 6. The van der Waals surface area contributed by atoms with Crippen molar-refractivity contribution < 1.29 is 22.4 Å². The van der Waals surface area contributed by atoms with Crippen LogP contribution >= 0.6 is 0 Å². The van der Waals surface area contributed by atoms with Crippen LogP contribution in [0.4, 0.5) is 14.9 Å². The van der Waals surface area contributed by atoms with Crippen molar-refractivity contribution in [3.05, 3.63) is 59.9 Å². The SMILES string of the molecule is CC(=O)Nc1ccc(S(=O)(=O)N2CCC(N3CCN(Cc4ccc(F)cc4)C3=O)CC2)cc1. The first-order valence-corrected chi connectivity index (χ1v) is 12.4. The second kappa shape index (κ2) is 9.48. The van der Waals surface area contributed by atoms with Gasteiger partial charge in [-0.3, -0.25) is 4.79 Å². The van der Waals surface area contributed by atoms with Crippen molar-refractivity contribution in [1.82, 2.24) is 14.1 Å². The summed E-state index contributed by atoms with van der Waals surface area (Å²) in [6, 6.07) is 12.2. The molecule has 2 fully saturated rings. The number of urea groups is 1. The maximum absolute atomic E-state index is 13.1. The molecule has 0 aliphatic carbocycles. The molecule has 0 atom stereocenters. The van der Waals surface area contributed by atoms with Crippen LogP contribution in [0.3, 0.4) is 0 Å². The number of piperidine rings is 1. The number of carbonyl (C=O) groups is 2. The predicted octanol–water partition coefficient (Wildman–Crippen LogP) is 2.88. The maximum atomic E-state index is 13.1. The van der Waals surface area contributed by atoms with Gasteiger partial charge in [-0.15, -0.1) is 0 Å². The second-order valence-electron chi connectivity index (χ2n) is 8.36. The smallest absolute Gasteiger partial charge is 0.320 e. The number of benzene rings is 2. The molecule has 0 saturated carbocycles. The van der Waals surface area contributed by atoms with E-state index in [9.17, 15) is 22.4 Å². The normalized spacial score (nSPS) is 18.1. The van der Waals surface area contributed by atoms with E-state index in [1.54, 1.807) is 29.2 Å². The van der Waals surface area contributed by atoms with Crippen LogP contribution in [-0.2, 0) is 21.4 Å². The summed E-state index contributed by atoms with van der Waals surface area (Å²) in [6.45, 7) is 3.68. The molecule has 10 heteroatoms. The van der Waals surface area contributed by atoms with E-state index < -0.39 is 10.0 Å². The number of hydrogen-bond donors (Lipinski definition) is 1. The van der Waals surface area contributed by atoms with E-state index in [-0.39, 0.29) is 28.7 Å². The summed E-state index contributed by atoms with van der Waals surface area (Å²) in [4.78, 5) is 27.8. The minimum absolute atomic E-state index is 0.00990. The molecular weight excluding hydrogens is 447 g/mol. The molecule has 176 valence electrons. The fourth-order valence-electron chi connectivity index (χ4n) is 4.35. The van der Waals surface area contributed by atoms with E-state index >= 15 is 0 Å². The Bertz CT molecular complexity index is 1110. The van der Waals surface area contributed by atoms with Gasteiger partial charge >= 0.3 is 6.03 Å². The summed E-state index contributed by atoms with van der Waals surface area (Å²) in [5.74, 6) is -0.529. The Kier molecular flexibility index (Phi) is 6.66. The first-order chi connectivity index (χ1) is 15.7. The molecule has 0 aromatic heterocycles. The molecule has 8 nitrogen and oxygen atoms in total.